The Morgan fingerprint density at radius 3 is 2.50 bits per heavy atom. The van der Waals surface area contributed by atoms with Crippen LogP contribution in [-0.2, 0) is 9.53 Å². The van der Waals surface area contributed by atoms with Gasteiger partial charge in [-0.15, -0.1) is 6.42 Å². The summed E-state index contributed by atoms with van der Waals surface area (Å²) in [6.45, 7) is 6.34. The van der Waals surface area contributed by atoms with Crippen LogP contribution in [0.1, 0.15) is 13.8 Å². The lowest BCUT2D eigenvalue weighted by Crippen LogP contribution is -2.25. The van der Waals surface area contributed by atoms with Gasteiger partial charge in [0.1, 0.15) is 0 Å². The van der Waals surface area contributed by atoms with Crippen LogP contribution in [0, 0.1) is 12.3 Å². The van der Waals surface area contributed by atoms with Crippen LogP contribution in [0.2, 0.25) is 0 Å². The normalized spacial score (nSPS) is 14.5. The number of hydrogen-bond acceptors (Lipinski definition) is 2. The van der Waals surface area contributed by atoms with E-state index in [0.717, 1.165) is 0 Å². The predicted molar refractivity (Wildman–Crippen MR) is 39.2 cm³/mol. The van der Waals surface area contributed by atoms with Crippen molar-refractivity contribution in [1.29, 1.82) is 0 Å². The van der Waals surface area contributed by atoms with E-state index in [0.29, 0.717) is 0 Å². The number of rotatable bonds is 2. The van der Waals surface area contributed by atoms with Crippen molar-refractivity contribution in [3.05, 3.63) is 12.7 Å². The summed E-state index contributed by atoms with van der Waals surface area (Å²) in [5.74, 6) is 1.90. The summed E-state index contributed by atoms with van der Waals surface area (Å²) >= 11 is 0. The minimum absolute atomic E-state index is 0.402. The molecule has 0 fully saturated rings. The minimum Gasteiger partial charge on any atom is -0.443 e. The second kappa shape index (κ2) is 3.07. The highest BCUT2D eigenvalue weighted by atomic mass is 16.6. The van der Waals surface area contributed by atoms with E-state index >= 15 is 0 Å². The molecule has 0 aliphatic heterocycles. The van der Waals surface area contributed by atoms with Crippen molar-refractivity contribution in [2.75, 3.05) is 0 Å². The summed E-state index contributed by atoms with van der Waals surface area (Å²) in [5.41, 5.74) is -0.953. The maximum Gasteiger partial charge on any atom is 0.304 e. The van der Waals surface area contributed by atoms with Gasteiger partial charge in [-0.1, -0.05) is 12.5 Å². The van der Waals surface area contributed by atoms with Gasteiger partial charge in [-0.25, -0.2) is 0 Å². The topological polar surface area (TPSA) is 26.3 Å². The van der Waals surface area contributed by atoms with Crippen LogP contribution in [0.3, 0.4) is 0 Å². The average Bonchev–Trinajstić information content (AvgIpc) is 1.87. The van der Waals surface area contributed by atoms with E-state index in [9.17, 15) is 4.79 Å². The van der Waals surface area contributed by atoms with Crippen molar-refractivity contribution in [2.24, 2.45) is 0 Å². The van der Waals surface area contributed by atoms with Gasteiger partial charge in [0.2, 0.25) is 0 Å². The van der Waals surface area contributed by atoms with Gasteiger partial charge in [-0.05, 0) is 13.0 Å². The number of terminal acetylenes is 1. The van der Waals surface area contributed by atoms with E-state index in [4.69, 9.17) is 11.2 Å². The second-order valence-corrected chi connectivity index (χ2v) is 2.05. The van der Waals surface area contributed by atoms with Crippen molar-refractivity contribution in [3.63, 3.8) is 0 Å². The zero-order chi connectivity index (χ0) is 8.20. The van der Waals surface area contributed by atoms with Gasteiger partial charge in [0.25, 0.3) is 0 Å². The summed E-state index contributed by atoms with van der Waals surface area (Å²) in [7, 11) is 0. The zero-order valence-corrected chi connectivity index (χ0v) is 6.18. The molecule has 0 aromatic rings. The summed E-state index contributed by atoms with van der Waals surface area (Å²) < 4.78 is 4.74. The highest BCUT2D eigenvalue weighted by molar-refractivity contribution is 5.67. The first kappa shape index (κ1) is 8.77. The van der Waals surface area contributed by atoms with E-state index < -0.39 is 11.6 Å². The smallest absolute Gasteiger partial charge is 0.304 e. The molecule has 0 saturated carbocycles. The average molecular weight is 138 g/mol. The zero-order valence-electron chi connectivity index (χ0n) is 6.18. The quantitative estimate of drug-likeness (QED) is 0.325. The van der Waals surface area contributed by atoms with Gasteiger partial charge < -0.3 is 4.74 Å². The number of carbonyl (C=O) groups is 1. The Morgan fingerprint density at radius 2 is 2.40 bits per heavy atom. The summed E-state index contributed by atoms with van der Waals surface area (Å²) in [4.78, 5) is 10.4. The van der Waals surface area contributed by atoms with E-state index in [-0.39, 0.29) is 0 Å². The largest absolute Gasteiger partial charge is 0.443 e. The van der Waals surface area contributed by atoms with Crippen LogP contribution in [0.4, 0.5) is 0 Å². The van der Waals surface area contributed by atoms with E-state index in [1.165, 1.54) is 13.0 Å². The van der Waals surface area contributed by atoms with Gasteiger partial charge in [0.05, 0.1) is 0 Å². The van der Waals surface area contributed by atoms with Crippen molar-refractivity contribution < 1.29 is 9.53 Å². The summed E-state index contributed by atoms with van der Waals surface area (Å²) in [6, 6.07) is 0. The highest BCUT2D eigenvalue weighted by Gasteiger charge is 2.18. The monoisotopic (exact) mass is 138 g/mol. The molecule has 0 rings (SSSR count). The first-order valence-electron chi connectivity index (χ1n) is 2.85. The molecule has 2 heteroatoms. The van der Waals surface area contributed by atoms with Crippen molar-refractivity contribution >= 4 is 5.97 Å². The van der Waals surface area contributed by atoms with Crippen LogP contribution < -0.4 is 0 Å². The Morgan fingerprint density at radius 1 is 1.90 bits per heavy atom. The molecule has 1 atom stereocenters. The van der Waals surface area contributed by atoms with Crippen LogP contribution in [0.15, 0.2) is 12.7 Å². The van der Waals surface area contributed by atoms with E-state index in [1.807, 2.05) is 0 Å². The molecule has 10 heavy (non-hydrogen) atoms. The number of hydrogen-bond donors (Lipinski definition) is 0. The molecule has 0 aliphatic rings. The summed E-state index contributed by atoms with van der Waals surface area (Å²) in [6.07, 6.45) is 6.48. The first-order valence-corrected chi connectivity index (χ1v) is 2.85. The Kier molecular flexibility index (Phi) is 2.69. The highest BCUT2D eigenvalue weighted by Crippen LogP contribution is 2.09. The van der Waals surface area contributed by atoms with Crippen molar-refractivity contribution in [2.45, 2.75) is 19.4 Å². The van der Waals surface area contributed by atoms with E-state index in [2.05, 4.69) is 12.5 Å². The third-order valence-corrected chi connectivity index (χ3v) is 1.03. The lowest BCUT2D eigenvalue weighted by molar-refractivity contribution is -0.147. The van der Waals surface area contributed by atoms with Gasteiger partial charge in [-0.3, -0.25) is 4.79 Å². The lowest BCUT2D eigenvalue weighted by Gasteiger charge is -2.17. The third-order valence-electron chi connectivity index (χ3n) is 1.03. The van der Waals surface area contributed by atoms with Crippen LogP contribution in [0.25, 0.3) is 0 Å². The van der Waals surface area contributed by atoms with Crippen molar-refractivity contribution in [3.8, 4) is 12.3 Å². The molecule has 0 saturated heterocycles. The SMILES string of the molecule is C#C[C@@](C)(C=C)OC(C)=O. The minimum atomic E-state index is -0.953. The molecule has 0 unspecified atom stereocenters. The fourth-order valence-electron chi connectivity index (χ4n) is 0.429. The molecule has 0 bridgehead atoms. The molecule has 0 spiro atoms. The first-order chi connectivity index (χ1) is 4.54. The molecule has 54 valence electrons. The van der Waals surface area contributed by atoms with Gasteiger partial charge >= 0.3 is 5.97 Å². The van der Waals surface area contributed by atoms with Crippen LogP contribution in [0.5, 0.6) is 0 Å². The van der Waals surface area contributed by atoms with Gasteiger partial charge in [-0.2, -0.15) is 0 Å². The fraction of sp³-hybridized carbons (Fsp3) is 0.375. The Balaban J connectivity index is 4.24. The molecule has 0 aromatic heterocycles. The number of carbonyl (C=O) groups excluding carboxylic acids is 1. The summed E-state index contributed by atoms with van der Waals surface area (Å²) in [5, 5.41) is 0. The van der Waals surface area contributed by atoms with Crippen LogP contribution in [-0.4, -0.2) is 11.6 Å². The molecule has 0 amide bonds. The lowest BCUT2D eigenvalue weighted by atomic mass is 10.1. The standard InChI is InChI=1S/C8H10O2/c1-5-8(4,6-2)10-7(3)9/h1,6H,2H2,3-4H3/t8-/m0/s1. The van der Waals surface area contributed by atoms with Crippen LogP contribution >= 0.6 is 0 Å². The van der Waals surface area contributed by atoms with Gasteiger partial charge in [0, 0.05) is 6.92 Å². The third kappa shape index (κ3) is 2.36. The molecule has 0 aromatic carbocycles. The molecule has 0 N–H and O–H groups in total. The van der Waals surface area contributed by atoms with Gasteiger partial charge in [0.15, 0.2) is 5.60 Å². The maximum atomic E-state index is 10.4. The molecular formula is C8H10O2. The second-order valence-electron chi connectivity index (χ2n) is 2.05. The maximum absolute atomic E-state index is 10.4. The Labute approximate surface area is 60.9 Å². The van der Waals surface area contributed by atoms with Crippen molar-refractivity contribution in [1.82, 2.24) is 0 Å². The molecule has 2 nitrogen and oxygen atoms in total. The Hall–Kier alpha value is -1.23. The predicted octanol–water partition coefficient (Wildman–Crippen LogP) is 1.13. The molecule has 0 heterocycles. The Bertz CT molecular complexity index is 188. The number of ether oxygens (including phenoxy) is 1. The fourth-order valence-corrected chi connectivity index (χ4v) is 0.429. The number of esters is 1. The van der Waals surface area contributed by atoms with E-state index in [1.54, 1.807) is 6.92 Å². The molecular weight excluding hydrogens is 128 g/mol. The molecule has 0 radical (unpaired) electrons. The molecule has 0 aliphatic carbocycles.